The average Bonchev–Trinajstić information content (AvgIpc) is 2.26. The van der Waals surface area contributed by atoms with Crippen LogP contribution in [0, 0.1) is 5.92 Å². The first-order valence-electron chi connectivity index (χ1n) is 4.67. The number of rotatable bonds is 3. The smallest absolute Gasteiger partial charge is 0.228 e. The minimum absolute atomic E-state index is 0.116. The van der Waals surface area contributed by atoms with Gasteiger partial charge in [-0.3, -0.25) is 4.79 Å². The zero-order chi connectivity index (χ0) is 10.4. The third-order valence-electron chi connectivity index (χ3n) is 2.40. The first kappa shape index (κ1) is 10.8. The lowest BCUT2D eigenvalue weighted by atomic mass is 9.99. The molecule has 0 aromatic heterocycles. The zero-order valence-electron chi connectivity index (χ0n) is 7.96. The van der Waals surface area contributed by atoms with Crippen LogP contribution in [0.2, 0.25) is 0 Å². The second kappa shape index (κ2) is 5.47. The van der Waals surface area contributed by atoms with E-state index >= 15 is 0 Å². The molecule has 1 atom stereocenters. The summed E-state index contributed by atoms with van der Waals surface area (Å²) in [5.74, 6) is 0.0275. The number of nitrogens with zero attached hydrogens (tertiary/aromatic N) is 4. The molecule has 1 saturated heterocycles. The number of aliphatic hydroxyl groups is 1. The normalized spacial score (nSPS) is 21.5. The van der Waals surface area contributed by atoms with Gasteiger partial charge in [-0.25, -0.2) is 0 Å². The fraction of sp³-hybridized carbons (Fsp3) is 0.875. The summed E-state index contributed by atoms with van der Waals surface area (Å²) in [6.07, 6.45) is 1.87. The summed E-state index contributed by atoms with van der Waals surface area (Å²) in [7, 11) is 0. The Morgan fingerprint density at radius 2 is 2.50 bits per heavy atom. The molecule has 1 heterocycles. The van der Waals surface area contributed by atoms with E-state index in [9.17, 15) is 4.79 Å². The van der Waals surface area contributed by atoms with Gasteiger partial charge in [0.25, 0.3) is 0 Å². The van der Waals surface area contributed by atoms with E-state index in [0.29, 0.717) is 13.1 Å². The Morgan fingerprint density at radius 3 is 3.14 bits per heavy atom. The van der Waals surface area contributed by atoms with Gasteiger partial charge in [0.05, 0.1) is 0 Å². The monoisotopic (exact) mass is 198 g/mol. The maximum Gasteiger partial charge on any atom is 0.228 e. The molecular weight excluding hydrogens is 184 g/mol. The number of aliphatic hydroxyl groups excluding tert-OH is 1. The van der Waals surface area contributed by atoms with Crippen molar-refractivity contribution in [3.05, 3.63) is 10.4 Å². The molecule has 1 amide bonds. The average molecular weight is 198 g/mol. The van der Waals surface area contributed by atoms with Gasteiger partial charge in [0.1, 0.15) is 6.54 Å². The molecule has 0 radical (unpaired) electrons. The Labute approximate surface area is 82.1 Å². The Hall–Kier alpha value is -1.26. The van der Waals surface area contributed by atoms with Crippen LogP contribution in [-0.4, -0.2) is 42.2 Å². The van der Waals surface area contributed by atoms with Crippen molar-refractivity contribution in [1.29, 1.82) is 0 Å². The summed E-state index contributed by atoms with van der Waals surface area (Å²) >= 11 is 0. The standard InChI is InChI=1S/C8H14N4O2/c9-11-10-4-8(14)12-3-1-2-7(5-12)6-13/h7,13H,1-6H2/t7-/m0/s1. The molecule has 0 unspecified atom stereocenters. The van der Waals surface area contributed by atoms with Crippen molar-refractivity contribution < 1.29 is 9.90 Å². The highest BCUT2D eigenvalue weighted by Crippen LogP contribution is 2.15. The van der Waals surface area contributed by atoms with Crippen LogP contribution in [0.3, 0.4) is 0 Å². The summed E-state index contributed by atoms with van der Waals surface area (Å²) < 4.78 is 0. The third kappa shape index (κ3) is 2.90. The second-order valence-corrected chi connectivity index (χ2v) is 3.42. The van der Waals surface area contributed by atoms with Crippen molar-refractivity contribution in [2.24, 2.45) is 11.0 Å². The van der Waals surface area contributed by atoms with Gasteiger partial charge >= 0.3 is 0 Å². The lowest BCUT2D eigenvalue weighted by Gasteiger charge is -2.31. The summed E-state index contributed by atoms with van der Waals surface area (Å²) in [6, 6.07) is 0. The molecule has 1 fully saturated rings. The minimum atomic E-state index is -0.152. The number of piperidine rings is 1. The van der Waals surface area contributed by atoms with Crippen LogP contribution in [0.15, 0.2) is 5.11 Å². The molecule has 1 N–H and O–H groups in total. The molecule has 1 rings (SSSR count). The van der Waals surface area contributed by atoms with E-state index in [4.69, 9.17) is 10.6 Å². The van der Waals surface area contributed by atoms with Crippen LogP contribution in [-0.2, 0) is 4.79 Å². The summed E-state index contributed by atoms with van der Waals surface area (Å²) in [4.78, 5) is 15.6. The number of carbonyl (C=O) groups is 1. The van der Waals surface area contributed by atoms with Gasteiger partial charge < -0.3 is 10.0 Å². The van der Waals surface area contributed by atoms with Gasteiger partial charge in [-0.15, -0.1) is 0 Å². The maximum atomic E-state index is 11.4. The van der Waals surface area contributed by atoms with Crippen LogP contribution in [0.5, 0.6) is 0 Å². The second-order valence-electron chi connectivity index (χ2n) is 3.42. The van der Waals surface area contributed by atoms with E-state index in [1.54, 1.807) is 4.90 Å². The van der Waals surface area contributed by atoms with Crippen molar-refractivity contribution in [1.82, 2.24) is 4.90 Å². The van der Waals surface area contributed by atoms with Gasteiger partial charge in [0.2, 0.25) is 5.91 Å². The van der Waals surface area contributed by atoms with Crippen LogP contribution in [0.4, 0.5) is 0 Å². The van der Waals surface area contributed by atoms with Crippen molar-refractivity contribution in [3.8, 4) is 0 Å². The topological polar surface area (TPSA) is 89.3 Å². The largest absolute Gasteiger partial charge is 0.396 e. The van der Waals surface area contributed by atoms with E-state index in [0.717, 1.165) is 12.8 Å². The molecule has 0 spiro atoms. The quantitative estimate of drug-likeness (QED) is 0.407. The van der Waals surface area contributed by atoms with Gasteiger partial charge in [-0.1, -0.05) is 5.11 Å². The molecule has 0 saturated carbocycles. The van der Waals surface area contributed by atoms with Gasteiger partial charge in [-0.2, -0.15) is 0 Å². The van der Waals surface area contributed by atoms with Crippen LogP contribution in [0.1, 0.15) is 12.8 Å². The van der Waals surface area contributed by atoms with Gasteiger partial charge in [0, 0.05) is 24.6 Å². The minimum Gasteiger partial charge on any atom is -0.396 e. The predicted octanol–water partition coefficient (Wildman–Crippen LogP) is 0.528. The van der Waals surface area contributed by atoms with Crippen molar-refractivity contribution in [3.63, 3.8) is 0 Å². The van der Waals surface area contributed by atoms with Crippen LogP contribution >= 0.6 is 0 Å². The lowest BCUT2D eigenvalue weighted by Crippen LogP contribution is -2.41. The maximum absolute atomic E-state index is 11.4. The number of carbonyl (C=O) groups excluding carboxylic acids is 1. The molecule has 0 aromatic carbocycles. The molecule has 0 bridgehead atoms. The molecule has 14 heavy (non-hydrogen) atoms. The van der Waals surface area contributed by atoms with Gasteiger partial charge in [0.15, 0.2) is 0 Å². The predicted molar refractivity (Wildman–Crippen MR) is 50.4 cm³/mol. The molecule has 6 nitrogen and oxygen atoms in total. The SMILES string of the molecule is [N-]=[N+]=NCC(=O)N1CCC[C@H](CO)C1. The van der Waals surface area contributed by atoms with Gasteiger partial charge in [-0.05, 0) is 24.3 Å². The van der Waals surface area contributed by atoms with Crippen LogP contribution in [0.25, 0.3) is 10.4 Å². The summed E-state index contributed by atoms with van der Waals surface area (Å²) in [5, 5.41) is 12.2. The summed E-state index contributed by atoms with van der Waals surface area (Å²) in [6.45, 7) is 1.28. The summed E-state index contributed by atoms with van der Waals surface area (Å²) in [5.41, 5.74) is 8.06. The number of hydrogen-bond donors (Lipinski definition) is 1. The van der Waals surface area contributed by atoms with E-state index in [1.807, 2.05) is 0 Å². The third-order valence-corrected chi connectivity index (χ3v) is 2.40. The molecule has 0 aliphatic carbocycles. The molecule has 0 aromatic rings. The number of azide groups is 1. The van der Waals surface area contributed by atoms with Crippen molar-refractivity contribution >= 4 is 5.91 Å². The number of amides is 1. The molecule has 6 heteroatoms. The zero-order valence-corrected chi connectivity index (χ0v) is 7.96. The van der Waals surface area contributed by atoms with E-state index in [1.165, 1.54) is 0 Å². The molecular formula is C8H14N4O2. The highest BCUT2D eigenvalue weighted by Gasteiger charge is 2.22. The Bertz CT molecular complexity index is 250. The lowest BCUT2D eigenvalue weighted by molar-refractivity contribution is -0.131. The Balaban J connectivity index is 2.42. The molecule has 78 valence electrons. The fourth-order valence-electron chi connectivity index (χ4n) is 1.63. The van der Waals surface area contributed by atoms with E-state index in [2.05, 4.69) is 10.0 Å². The van der Waals surface area contributed by atoms with E-state index in [-0.39, 0.29) is 25.0 Å². The first-order chi connectivity index (χ1) is 6.77. The Kier molecular flexibility index (Phi) is 4.22. The highest BCUT2D eigenvalue weighted by atomic mass is 16.3. The van der Waals surface area contributed by atoms with E-state index < -0.39 is 0 Å². The van der Waals surface area contributed by atoms with Crippen molar-refractivity contribution in [2.45, 2.75) is 12.8 Å². The van der Waals surface area contributed by atoms with Crippen molar-refractivity contribution in [2.75, 3.05) is 26.2 Å². The highest BCUT2D eigenvalue weighted by molar-refractivity contribution is 5.78. The Morgan fingerprint density at radius 1 is 1.71 bits per heavy atom. The number of likely N-dealkylation sites (tertiary alicyclic amines) is 1. The van der Waals surface area contributed by atoms with Crippen LogP contribution < -0.4 is 0 Å². The molecule has 1 aliphatic rings. The molecule has 1 aliphatic heterocycles. The first-order valence-corrected chi connectivity index (χ1v) is 4.67. The fourth-order valence-corrected chi connectivity index (χ4v) is 1.63. The number of hydrogen-bond acceptors (Lipinski definition) is 3.